The Morgan fingerprint density at radius 2 is 1.57 bits per heavy atom. The van der Waals surface area contributed by atoms with Crippen LogP contribution in [0.25, 0.3) is 0 Å². The van der Waals surface area contributed by atoms with E-state index in [0.29, 0.717) is 0 Å². The maximum atomic E-state index is 5.13. The van der Waals surface area contributed by atoms with Crippen molar-refractivity contribution in [1.82, 2.24) is 0 Å². The Bertz CT molecular complexity index is 223. The first kappa shape index (κ1) is 10.4. The van der Waals surface area contributed by atoms with Gasteiger partial charge in [0.1, 0.15) is 0 Å². The normalized spacial score (nSPS) is 27.4. The number of hydrogen-bond donors (Lipinski definition) is 0. The highest BCUT2D eigenvalue weighted by Crippen LogP contribution is 2.61. The van der Waals surface area contributed by atoms with Crippen molar-refractivity contribution in [3.8, 4) is 0 Å². The Hall–Kier alpha value is -0.160. The Labute approximate surface area is 84.3 Å². The van der Waals surface area contributed by atoms with Gasteiger partial charge in [0.25, 0.3) is 11.6 Å². The van der Waals surface area contributed by atoms with Crippen LogP contribution in [-0.4, -0.2) is 11.6 Å². The van der Waals surface area contributed by atoms with Gasteiger partial charge in [-0.2, -0.15) is 19.6 Å². The minimum absolute atomic E-state index is 0.142. The second-order valence-corrected chi connectivity index (χ2v) is 5.06. The van der Waals surface area contributed by atoms with E-state index in [1.807, 2.05) is 0 Å². The summed E-state index contributed by atoms with van der Waals surface area (Å²) < 4.78 is 0. The minimum atomic E-state index is -0.699. The molecule has 2 fully saturated rings. The lowest BCUT2D eigenvalue weighted by atomic mass is 9.80. The molecule has 2 saturated heterocycles. The smallest absolute Gasteiger partial charge is 0.188 e. The molecule has 0 radical (unpaired) electrons. The molecule has 14 heavy (non-hydrogen) atoms. The van der Waals surface area contributed by atoms with Gasteiger partial charge in [0, 0.05) is 11.8 Å². The van der Waals surface area contributed by atoms with E-state index >= 15 is 0 Å². The monoisotopic (exact) mass is 202 g/mol. The quantitative estimate of drug-likeness (QED) is 0.519. The molecule has 4 heteroatoms. The second kappa shape index (κ2) is 2.92. The van der Waals surface area contributed by atoms with E-state index in [2.05, 4.69) is 27.7 Å². The molecule has 0 aliphatic carbocycles. The fourth-order valence-electron chi connectivity index (χ4n) is 1.81. The summed E-state index contributed by atoms with van der Waals surface area (Å²) in [4.78, 5) is 20.5. The molecule has 2 aliphatic heterocycles. The van der Waals surface area contributed by atoms with Crippen molar-refractivity contribution in [2.24, 2.45) is 5.41 Å². The van der Waals surface area contributed by atoms with Crippen LogP contribution in [0.5, 0.6) is 0 Å². The molecule has 4 nitrogen and oxygen atoms in total. The third-order valence-corrected chi connectivity index (χ3v) is 2.88. The highest BCUT2D eigenvalue weighted by atomic mass is 17.5. The first-order valence-electron chi connectivity index (χ1n) is 5.21. The molecule has 0 spiro atoms. The molecule has 0 unspecified atom stereocenters. The molecule has 0 aromatic rings. The average molecular weight is 202 g/mol. The van der Waals surface area contributed by atoms with E-state index in [1.165, 1.54) is 0 Å². The Morgan fingerprint density at radius 1 is 1.00 bits per heavy atom. The van der Waals surface area contributed by atoms with Gasteiger partial charge in [0.2, 0.25) is 0 Å². The van der Waals surface area contributed by atoms with E-state index < -0.39 is 11.6 Å². The summed E-state index contributed by atoms with van der Waals surface area (Å²) in [5.41, 5.74) is -0.142. The van der Waals surface area contributed by atoms with Crippen molar-refractivity contribution < 1.29 is 19.6 Å². The van der Waals surface area contributed by atoms with Gasteiger partial charge >= 0.3 is 0 Å². The van der Waals surface area contributed by atoms with Gasteiger partial charge in [-0.15, -0.1) is 0 Å². The van der Waals surface area contributed by atoms with Crippen molar-refractivity contribution in [3.63, 3.8) is 0 Å². The minimum Gasteiger partial charge on any atom is -0.188 e. The topological polar surface area (TPSA) is 50.1 Å². The average Bonchev–Trinajstić information content (AvgIpc) is 2.92. The van der Waals surface area contributed by atoms with Gasteiger partial charge in [-0.05, 0) is 6.42 Å². The summed E-state index contributed by atoms with van der Waals surface area (Å²) in [6.45, 7) is 8.30. The van der Waals surface area contributed by atoms with E-state index in [4.69, 9.17) is 19.6 Å². The van der Waals surface area contributed by atoms with Gasteiger partial charge in [0.15, 0.2) is 0 Å². The van der Waals surface area contributed by atoms with Gasteiger partial charge in [0.05, 0.1) is 0 Å². The molecule has 82 valence electrons. The van der Waals surface area contributed by atoms with Crippen LogP contribution in [0.15, 0.2) is 0 Å². The maximum absolute atomic E-state index is 5.13. The van der Waals surface area contributed by atoms with Crippen LogP contribution in [0.1, 0.15) is 47.0 Å². The predicted molar refractivity (Wildman–Crippen MR) is 48.8 cm³/mol. The van der Waals surface area contributed by atoms with Gasteiger partial charge in [-0.1, -0.05) is 34.1 Å². The van der Waals surface area contributed by atoms with Crippen LogP contribution in [0, 0.1) is 5.41 Å². The summed E-state index contributed by atoms with van der Waals surface area (Å²) >= 11 is 0. The molecule has 0 saturated carbocycles. The largest absolute Gasteiger partial charge is 0.297 e. The van der Waals surface area contributed by atoms with E-state index in [-0.39, 0.29) is 5.41 Å². The van der Waals surface area contributed by atoms with Crippen LogP contribution in [-0.2, 0) is 19.6 Å². The lowest BCUT2D eigenvalue weighted by Crippen LogP contribution is -2.44. The lowest BCUT2D eigenvalue weighted by Gasteiger charge is -2.24. The molecule has 0 bridgehead atoms. The molecule has 2 aliphatic rings. The molecule has 0 N–H and O–H groups in total. The maximum Gasteiger partial charge on any atom is 0.297 e. The lowest BCUT2D eigenvalue weighted by molar-refractivity contribution is 0.0491. The zero-order chi connectivity index (χ0) is 10.4. The first-order valence-corrected chi connectivity index (χ1v) is 5.21. The van der Waals surface area contributed by atoms with Crippen molar-refractivity contribution in [2.75, 3.05) is 0 Å². The summed E-state index contributed by atoms with van der Waals surface area (Å²) in [6.07, 6.45) is 2.97. The molecular weight excluding hydrogens is 184 g/mol. The SMILES string of the molecule is CCCCC1(C2(C(C)(C)C)OO2)OO1. The number of hydrogen-bond acceptors (Lipinski definition) is 4. The van der Waals surface area contributed by atoms with Gasteiger partial charge in [-0.3, -0.25) is 0 Å². The Balaban J connectivity index is 2.07. The summed E-state index contributed by atoms with van der Waals surface area (Å²) in [7, 11) is 0. The van der Waals surface area contributed by atoms with Crippen molar-refractivity contribution in [2.45, 2.75) is 58.5 Å². The van der Waals surface area contributed by atoms with Gasteiger partial charge in [-0.25, -0.2) is 0 Å². The zero-order valence-electron chi connectivity index (χ0n) is 9.25. The molecule has 0 aromatic heterocycles. The highest BCUT2D eigenvalue weighted by Gasteiger charge is 2.81. The molecule has 0 amide bonds. The van der Waals surface area contributed by atoms with Crippen molar-refractivity contribution in [1.29, 1.82) is 0 Å². The van der Waals surface area contributed by atoms with Crippen LogP contribution in [0.2, 0.25) is 0 Å². The third kappa shape index (κ3) is 1.29. The summed E-state index contributed by atoms with van der Waals surface area (Å²) in [5, 5.41) is 0. The molecular formula is C10H18O4. The van der Waals surface area contributed by atoms with E-state index in [9.17, 15) is 0 Å². The van der Waals surface area contributed by atoms with Crippen LogP contribution in [0.4, 0.5) is 0 Å². The van der Waals surface area contributed by atoms with Crippen LogP contribution in [0.3, 0.4) is 0 Å². The van der Waals surface area contributed by atoms with E-state index in [0.717, 1.165) is 19.3 Å². The Kier molecular flexibility index (Phi) is 2.16. The fourth-order valence-corrected chi connectivity index (χ4v) is 1.81. The van der Waals surface area contributed by atoms with Crippen molar-refractivity contribution >= 4 is 0 Å². The second-order valence-electron chi connectivity index (χ2n) is 5.06. The number of rotatable bonds is 4. The van der Waals surface area contributed by atoms with Gasteiger partial charge < -0.3 is 0 Å². The standard InChI is InChI=1S/C10H18O4/c1-5-6-7-9(11-12-9)10(13-14-10)8(2,3)4/h5-7H2,1-4H3. The summed E-state index contributed by atoms with van der Waals surface area (Å²) in [6, 6.07) is 0. The molecule has 0 atom stereocenters. The zero-order valence-corrected chi connectivity index (χ0v) is 9.25. The predicted octanol–water partition coefficient (Wildman–Crippen LogP) is 2.54. The fraction of sp³-hybridized carbons (Fsp3) is 1.00. The summed E-state index contributed by atoms with van der Waals surface area (Å²) in [5.74, 6) is -1.35. The Morgan fingerprint density at radius 3 is 1.86 bits per heavy atom. The molecule has 2 heterocycles. The highest BCUT2D eigenvalue weighted by molar-refractivity contribution is 5.03. The molecule has 0 aromatic carbocycles. The van der Waals surface area contributed by atoms with E-state index in [1.54, 1.807) is 0 Å². The number of unbranched alkanes of at least 4 members (excludes halogenated alkanes) is 1. The van der Waals surface area contributed by atoms with Crippen molar-refractivity contribution in [3.05, 3.63) is 0 Å². The third-order valence-electron chi connectivity index (χ3n) is 2.88. The van der Waals surface area contributed by atoms with Crippen LogP contribution >= 0.6 is 0 Å². The molecule has 2 rings (SSSR count). The van der Waals surface area contributed by atoms with Crippen LogP contribution < -0.4 is 0 Å². The first-order chi connectivity index (χ1) is 6.47.